The summed E-state index contributed by atoms with van der Waals surface area (Å²) in [6.07, 6.45) is 1.77. The van der Waals surface area contributed by atoms with Crippen molar-refractivity contribution in [2.24, 2.45) is 0 Å². The van der Waals surface area contributed by atoms with Gasteiger partial charge in [0, 0.05) is 11.9 Å². The average molecular weight is 310 g/mol. The minimum atomic E-state index is -3.48. The Balaban J connectivity index is 2.29. The summed E-state index contributed by atoms with van der Waals surface area (Å²) in [5, 5.41) is 5.88. The van der Waals surface area contributed by atoms with Crippen molar-refractivity contribution < 1.29 is 13.2 Å². The fraction of sp³-hybridized carbons (Fsp3) is 0.533. The number of nitrogens with one attached hydrogen (secondary N) is 2. The largest absolute Gasteiger partial charge is 0.325 e. The van der Waals surface area contributed by atoms with E-state index in [1.807, 2.05) is 26.0 Å². The zero-order chi connectivity index (χ0) is 15.7. The van der Waals surface area contributed by atoms with Gasteiger partial charge in [-0.05, 0) is 63.0 Å². The first kappa shape index (κ1) is 16.0. The van der Waals surface area contributed by atoms with E-state index < -0.39 is 20.5 Å². The Bertz CT molecular complexity index is 647. The third-order valence-corrected chi connectivity index (χ3v) is 6.31. The van der Waals surface area contributed by atoms with Crippen molar-refractivity contribution in [3.8, 4) is 0 Å². The summed E-state index contributed by atoms with van der Waals surface area (Å²) in [7, 11) is -3.48. The van der Waals surface area contributed by atoms with Crippen molar-refractivity contribution in [3.63, 3.8) is 0 Å². The van der Waals surface area contributed by atoms with E-state index in [0.29, 0.717) is 31.6 Å². The maximum Gasteiger partial charge on any atom is 0.245 e. The molecular weight excluding hydrogens is 288 g/mol. The van der Waals surface area contributed by atoms with Crippen LogP contribution >= 0.6 is 0 Å². The molecule has 0 spiro atoms. The third kappa shape index (κ3) is 3.11. The summed E-state index contributed by atoms with van der Waals surface area (Å²) in [6, 6.07) is 5.59. The van der Waals surface area contributed by atoms with Gasteiger partial charge in [-0.15, -0.1) is 0 Å². The van der Waals surface area contributed by atoms with Crippen LogP contribution in [0.4, 0.5) is 5.69 Å². The smallest absolute Gasteiger partial charge is 0.245 e. The molecule has 116 valence electrons. The van der Waals surface area contributed by atoms with E-state index in [1.165, 1.54) is 0 Å². The highest BCUT2D eigenvalue weighted by Crippen LogP contribution is 2.29. The summed E-state index contributed by atoms with van der Waals surface area (Å²) in [5.41, 5.74) is 2.84. The molecule has 0 bridgehead atoms. The highest BCUT2D eigenvalue weighted by molar-refractivity contribution is 7.92. The maximum atomic E-state index is 12.6. The first-order valence-corrected chi connectivity index (χ1v) is 8.94. The molecule has 0 aromatic heterocycles. The minimum absolute atomic E-state index is 0.308. The van der Waals surface area contributed by atoms with Crippen molar-refractivity contribution in [2.75, 3.05) is 24.7 Å². The van der Waals surface area contributed by atoms with Crippen LogP contribution in [0.3, 0.4) is 0 Å². The van der Waals surface area contributed by atoms with E-state index in [1.54, 1.807) is 6.07 Å². The van der Waals surface area contributed by atoms with Gasteiger partial charge in [0.2, 0.25) is 5.91 Å². The first-order chi connectivity index (χ1) is 9.76. The molecule has 2 rings (SSSR count). The first-order valence-electron chi connectivity index (χ1n) is 7.05. The van der Waals surface area contributed by atoms with Crippen molar-refractivity contribution in [2.45, 2.75) is 31.4 Å². The van der Waals surface area contributed by atoms with Crippen LogP contribution in [0.5, 0.6) is 0 Å². The number of hydrogen-bond donors (Lipinski definition) is 2. The van der Waals surface area contributed by atoms with Crippen LogP contribution in [0.1, 0.15) is 24.0 Å². The topological polar surface area (TPSA) is 75.3 Å². The Morgan fingerprint density at radius 2 is 1.81 bits per heavy atom. The monoisotopic (exact) mass is 310 g/mol. The standard InChI is InChI=1S/C15H22N2O3S/c1-11-4-5-13(10-12(11)2)17-14(18)15(21(3,19)20)6-8-16-9-7-15/h4-5,10,16H,6-9H2,1-3H3,(H,17,18). The molecule has 1 saturated heterocycles. The minimum Gasteiger partial charge on any atom is -0.325 e. The number of anilines is 1. The van der Waals surface area contributed by atoms with Crippen molar-refractivity contribution in [3.05, 3.63) is 29.3 Å². The van der Waals surface area contributed by atoms with Crippen LogP contribution in [0.2, 0.25) is 0 Å². The lowest BCUT2D eigenvalue weighted by Crippen LogP contribution is -2.55. The average Bonchev–Trinajstić information content (AvgIpc) is 2.42. The Morgan fingerprint density at radius 3 is 2.33 bits per heavy atom. The predicted molar refractivity (Wildman–Crippen MR) is 84.2 cm³/mol. The molecule has 1 amide bonds. The normalized spacial score (nSPS) is 18.2. The van der Waals surface area contributed by atoms with Gasteiger partial charge in [0.05, 0.1) is 0 Å². The number of carbonyl (C=O) groups is 1. The van der Waals surface area contributed by atoms with Crippen LogP contribution in [-0.2, 0) is 14.6 Å². The number of carbonyl (C=O) groups excluding carboxylic acids is 1. The summed E-state index contributed by atoms with van der Waals surface area (Å²) < 4.78 is 23.0. The second kappa shape index (κ2) is 5.77. The molecule has 6 heteroatoms. The zero-order valence-corrected chi connectivity index (χ0v) is 13.5. The van der Waals surface area contributed by atoms with E-state index in [4.69, 9.17) is 0 Å². The van der Waals surface area contributed by atoms with Gasteiger partial charge in [-0.2, -0.15) is 0 Å². The quantitative estimate of drug-likeness (QED) is 0.885. The number of benzene rings is 1. The number of hydrogen-bond acceptors (Lipinski definition) is 4. The van der Waals surface area contributed by atoms with Crippen molar-refractivity contribution in [1.29, 1.82) is 0 Å². The number of aryl methyl sites for hydroxylation is 2. The molecule has 0 radical (unpaired) electrons. The Labute approximate surface area is 126 Å². The molecule has 2 N–H and O–H groups in total. The third-order valence-electron chi connectivity index (χ3n) is 4.30. The molecule has 1 aromatic rings. The van der Waals surface area contributed by atoms with Crippen molar-refractivity contribution in [1.82, 2.24) is 5.32 Å². The zero-order valence-electron chi connectivity index (χ0n) is 12.7. The van der Waals surface area contributed by atoms with Gasteiger partial charge in [-0.25, -0.2) is 8.42 Å². The fourth-order valence-corrected chi connectivity index (χ4v) is 3.99. The van der Waals surface area contributed by atoms with Gasteiger partial charge in [0.15, 0.2) is 14.6 Å². The molecule has 5 nitrogen and oxygen atoms in total. The number of amides is 1. The van der Waals surface area contributed by atoms with Gasteiger partial charge < -0.3 is 10.6 Å². The van der Waals surface area contributed by atoms with Crippen LogP contribution in [0.25, 0.3) is 0 Å². The van der Waals surface area contributed by atoms with E-state index >= 15 is 0 Å². The Hall–Kier alpha value is -1.40. The second-order valence-electron chi connectivity index (χ2n) is 5.77. The molecule has 1 fully saturated rings. The van der Waals surface area contributed by atoms with E-state index in [2.05, 4.69) is 10.6 Å². The predicted octanol–water partition coefficient (Wildman–Crippen LogP) is 1.41. The highest BCUT2D eigenvalue weighted by Gasteiger charge is 2.48. The van der Waals surface area contributed by atoms with Crippen LogP contribution in [0, 0.1) is 13.8 Å². The van der Waals surface area contributed by atoms with Gasteiger partial charge in [0.25, 0.3) is 0 Å². The number of sulfone groups is 1. The summed E-state index contributed by atoms with van der Waals surface area (Å²) in [6.45, 7) is 5.02. The summed E-state index contributed by atoms with van der Waals surface area (Å²) in [4.78, 5) is 12.6. The van der Waals surface area contributed by atoms with E-state index in [-0.39, 0.29) is 0 Å². The molecule has 1 heterocycles. The van der Waals surface area contributed by atoms with E-state index in [9.17, 15) is 13.2 Å². The molecule has 1 aliphatic heterocycles. The van der Waals surface area contributed by atoms with Crippen LogP contribution in [-0.4, -0.2) is 38.4 Å². The summed E-state index contributed by atoms with van der Waals surface area (Å²) in [5.74, 6) is -0.422. The lowest BCUT2D eigenvalue weighted by molar-refractivity contribution is -0.119. The number of rotatable bonds is 3. The fourth-order valence-electron chi connectivity index (χ4n) is 2.66. The molecule has 0 atom stereocenters. The van der Waals surface area contributed by atoms with Gasteiger partial charge in [-0.1, -0.05) is 6.07 Å². The molecule has 0 aliphatic carbocycles. The Morgan fingerprint density at radius 1 is 1.19 bits per heavy atom. The van der Waals surface area contributed by atoms with Crippen molar-refractivity contribution >= 4 is 21.4 Å². The summed E-state index contributed by atoms with van der Waals surface area (Å²) >= 11 is 0. The van der Waals surface area contributed by atoms with Crippen LogP contribution < -0.4 is 10.6 Å². The molecule has 21 heavy (non-hydrogen) atoms. The Kier molecular flexibility index (Phi) is 4.39. The molecule has 0 saturated carbocycles. The van der Waals surface area contributed by atoms with Gasteiger partial charge >= 0.3 is 0 Å². The maximum absolute atomic E-state index is 12.6. The number of piperidine rings is 1. The second-order valence-corrected chi connectivity index (χ2v) is 8.10. The van der Waals surface area contributed by atoms with Gasteiger partial charge in [-0.3, -0.25) is 4.79 Å². The molecular formula is C15H22N2O3S. The molecule has 1 aromatic carbocycles. The van der Waals surface area contributed by atoms with Crippen LogP contribution in [0.15, 0.2) is 18.2 Å². The van der Waals surface area contributed by atoms with Gasteiger partial charge in [0.1, 0.15) is 0 Å². The SMILES string of the molecule is Cc1ccc(NC(=O)C2(S(C)(=O)=O)CCNCC2)cc1C. The highest BCUT2D eigenvalue weighted by atomic mass is 32.2. The molecule has 0 unspecified atom stereocenters. The van der Waals surface area contributed by atoms with E-state index in [0.717, 1.165) is 17.4 Å². The molecule has 1 aliphatic rings. The lowest BCUT2D eigenvalue weighted by Gasteiger charge is -2.34. The lowest BCUT2D eigenvalue weighted by atomic mass is 9.95.